The molecule has 0 aliphatic rings. The smallest absolute Gasteiger partial charge is 0.261 e. The molecule has 0 amide bonds. The highest BCUT2D eigenvalue weighted by Crippen LogP contribution is 2.23. The van der Waals surface area contributed by atoms with Crippen molar-refractivity contribution in [2.24, 2.45) is 5.41 Å². The van der Waals surface area contributed by atoms with Crippen molar-refractivity contribution >= 4 is 10.0 Å². The lowest BCUT2D eigenvalue weighted by Gasteiger charge is -2.19. The molecule has 1 heterocycles. The van der Waals surface area contributed by atoms with Crippen molar-refractivity contribution in [3.8, 4) is 0 Å². The van der Waals surface area contributed by atoms with E-state index in [9.17, 15) is 8.42 Å². The SMILES string of the molecule is CC(C)c1nc(S(=O)(=O)N(C)C)cn1CCC(C)(C)C. The Balaban J connectivity index is 3.15. The molecule has 0 saturated carbocycles. The third-order valence-electron chi connectivity index (χ3n) is 3.15. The van der Waals surface area contributed by atoms with Gasteiger partial charge in [0.05, 0.1) is 0 Å². The van der Waals surface area contributed by atoms with E-state index < -0.39 is 10.0 Å². The van der Waals surface area contributed by atoms with Gasteiger partial charge in [0.2, 0.25) is 0 Å². The van der Waals surface area contributed by atoms with Crippen LogP contribution in [0.25, 0.3) is 0 Å². The number of hydrogen-bond acceptors (Lipinski definition) is 3. The van der Waals surface area contributed by atoms with Crippen LogP contribution in [0.15, 0.2) is 11.2 Å². The van der Waals surface area contributed by atoms with Crippen LogP contribution < -0.4 is 0 Å². The van der Waals surface area contributed by atoms with Gasteiger partial charge in [-0.3, -0.25) is 0 Å². The topological polar surface area (TPSA) is 55.2 Å². The maximum absolute atomic E-state index is 12.2. The van der Waals surface area contributed by atoms with Crippen LogP contribution in [0.2, 0.25) is 0 Å². The lowest BCUT2D eigenvalue weighted by Crippen LogP contribution is -2.22. The maximum atomic E-state index is 12.2. The summed E-state index contributed by atoms with van der Waals surface area (Å²) in [6.07, 6.45) is 2.64. The van der Waals surface area contributed by atoms with Crippen LogP contribution in [0.4, 0.5) is 0 Å². The fourth-order valence-corrected chi connectivity index (χ4v) is 2.66. The summed E-state index contributed by atoms with van der Waals surface area (Å²) in [4.78, 5) is 4.34. The minimum absolute atomic E-state index is 0.139. The summed E-state index contributed by atoms with van der Waals surface area (Å²) in [5.74, 6) is 1.02. The minimum Gasteiger partial charge on any atom is -0.333 e. The van der Waals surface area contributed by atoms with E-state index >= 15 is 0 Å². The molecule has 1 aromatic heterocycles. The molecule has 0 unspecified atom stereocenters. The Morgan fingerprint density at radius 2 is 1.85 bits per heavy atom. The van der Waals surface area contributed by atoms with Gasteiger partial charge in [-0.2, -0.15) is 0 Å². The van der Waals surface area contributed by atoms with E-state index in [0.29, 0.717) is 0 Å². The molecule has 0 aliphatic heterocycles. The Hall–Kier alpha value is -0.880. The number of hydrogen-bond donors (Lipinski definition) is 0. The number of aromatic nitrogens is 2. The lowest BCUT2D eigenvalue weighted by molar-refractivity contribution is 0.346. The van der Waals surface area contributed by atoms with Gasteiger partial charge in [-0.1, -0.05) is 34.6 Å². The van der Waals surface area contributed by atoms with Crippen LogP contribution >= 0.6 is 0 Å². The van der Waals surface area contributed by atoms with Gasteiger partial charge in [-0.25, -0.2) is 17.7 Å². The van der Waals surface area contributed by atoms with Crippen LogP contribution in [-0.2, 0) is 16.6 Å². The molecule has 1 aromatic rings. The van der Waals surface area contributed by atoms with Gasteiger partial charge in [-0.15, -0.1) is 0 Å². The van der Waals surface area contributed by atoms with Gasteiger partial charge in [0.1, 0.15) is 5.82 Å². The van der Waals surface area contributed by atoms with Crippen LogP contribution in [0.5, 0.6) is 0 Å². The van der Waals surface area contributed by atoms with Gasteiger partial charge >= 0.3 is 0 Å². The molecule has 5 nitrogen and oxygen atoms in total. The number of imidazole rings is 1. The summed E-state index contributed by atoms with van der Waals surface area (Å²) >= 11 is 0. The second kappa shape index (κ2) is 5.85. The molecule has 6 heteroatoms. The van der Waals surface area contributed by atoms with Crippen LogP contribution in [0, 0.1) is 5.41 Å². The van der Waals surface area contributed by atoms with Crippen molar-refractivity contribution in [3.05, 3.63) is 12.0 Å². The predicted octanol–water partition coefficient (Wildman–Crippen LogP) is 2.69. The zero-order valence-electron chi connectivity index (χ0n) is 13.6. The van der Waals surface area contributed by atoms with E-state index in [1.54, 1.807) is 6.20 Å². The molecule has 116 valence electrons. The summed E-state index contributed by atoms with van der Waals surface area (Å²) in [5.41, 5.74) is 0.207. The van der Waals surface area contributed by atoms with E-state index in [1.807, 2.05) is 18.4 Å². The Morgan fingerprint density at radius 1 is 1.30 bits per heavy atom. The highest BCUT2D eigenvalue weighted by molar-refractivity contribution is 7.89. The minimum atomic E-state index is -3.46. The molecule has 0 bridgehead atoms. The van der Waals surface area contributed by atoms with Gasteiger partial charge in [0, 0.05) is 32.8 Å². The van der Waals surface area contributed by atoms with Gasteiger partial charge in [-0.05, 0) is 11.8 Å². The van der Waals surface area contributed by atoms with Gasteiger partial charge < -0.3 is 4.57 Å². The van der Waals surface area contributed by atoms with Crippen LogP contribution in [-0.4, -0.2) is 36.4 Å². The Morgan fingerprint density at radius 3 is 2.25 bits per heavy atom. The zero-order valence-corrected chi connectivity index (χ0v) is 14.5. The van der Waals surface area contributed by atoms with Crippen molar-refractivity contribution in [3.63, 3.8) is 0 Å². The second-order valence-electron chi connectivity index (χ2n) is 6.88. The molecule has 20 heavy (non-hydrogen) atoms. The summed E-state index contributed by atoms with van der Waals surface area (Å²) in [6.45, 7) is 11.4. The molecule has 0 radical (unpaired) electrons. The fraction of sp³-hybridized carbons (Fsp3) is 0.786. The molecule has 0 fully saturated rings. The van der Waals surface area contributed by atoms with E-state index in [4.69, 9.17) is 0 Å². The van der Waals surface area contributed by atoms with Crippen LogP contribution in [0.3, 0.4) is 0 Å². The maximum Gasteiger partial charge on any atom is 0.261 e. The molecule has 1 rings (SSSR count). The zero-order chi connectivity index (χ0) is 15.7. The van der Waals surface area contributed by atoms with E-state index in [-0.39, 0.29) is 16.4 Å². The summed E-state index contributed by atoms with van der Waals surface area (Å²) in [5, 5.41) is 0.139. The number of sulfonamides is 1. The molecule has 0 aromatic carbocycles. The molecular weight excluding hydrogens is 274 g/mol. The average molecular weight is 301 g/mol. The largest absolute Gasteiger partial charge is 0.333 e. The first kappa shape index (κ1) is 17.2. The van der Waals surface area contributed by atoms with Crippen molar-refractivity contribution in [1.29, 1.82) is 0 Å². The lowest BCUT2D eigenvalue weighted by atomic mass is 9.92. The standard InChI is InChI=1S/C14H27N3O2S/c1-11(2)13-15-12(20(18,19)16(6)7)10-17(13)9-8-14(3,4)5/h10-11H,8-9H2,1-7H3. The van der Waals surface area contributed by atoms with Crippen molar-refractivity contribution in [2.45, 2.75) is 58.5 Å². The van der Waals surface area contributed by atoms with E-state index in [0.717, 1.165) is 18.8 Å². The average Bonchev–Trinajstić information content (AvgIpc) is 2.69. The first-order valence-electron chi connectivity index (χ1n) is 6.95. The molecule has 0 saturated heterocycles. The van der Waals surface area contributed by atoms with Crippen LogP contribution in [0.1, 0.15) is 52.8 Å². The summed E-state index contributed by atoms with van der Waals surface area (Å²) in [7, 11) is -0.412. The van der Waals surface area contributed by atoms with Crippen molar-refractivity contribution in [2.75, 3.05) is 14.1 Å². The molecule has 0 N–H and O–H groups in total. The predicted molar refractivity (Wildman–Crippen MR) is 81.3 cm³/mol. The second-order valence-corrected chi connectivity index (χ2v) is 8.98. The molecular formula is C14H27N3O2S. The first-order valence-corrected chi connectivity index (χ1v) is 8.39. The van der Waals surface area contributed by atoms with E-state index in [1.165, 1.54) is 18.4 Å². The van der Waals surface area contributed by atoms with Gasteiger partial charge in [0.15, 0.2) is 5.03 Å². The first-order chi connectivity index (χ1) is 8.95. The molecule has 0 spiro atoms. The monoisotopic (exact) mass is 301 g/mol. The Labute approximate surface area is 123 Å². The van der Waals surface area contributed by atoms with Crippen molar-refractivity contribution < 1.29 is 8.42 Å². The Bertz CT molecular complexity index is 551. The highest BCUT2D eigenvalue weighted by atomic mass is 32.2. The summed E-state index contributed by atoms with van der Waals surface area (Å²) < 4.78 is 27.5. The Kier molecular flexibility index (Phi) is 5.03. The number of nitrogens with zero attached hydrogens (tertiary/aromatic N) is 3. The fourth-order valence-electron chi connectivity index (χ4n) is 1.81. The number of rotatable bonds is 5. The molecule has 0 aliphatic carbocycles. The highest BCUT2D eigenvalue weighted by Gasteiger charge is 2.24. The third-order valence-corrected chi connectivity index (χ3v) is 4.84. The summed E-state index contributed by atoms with van der Waals surface area (Å²) in [6, 6.07) is 0. The number of aryl methyl sites for hydroxylation is 1. The van der Waals surface area contributed by atoms with Gasteiger partial charge in [0.25, 0.3) is 10.0 Å². The van der Waals surface area contributed by atoms with E-state index in [2.05, 4.69) is 25.8 Å². The quantitative estimate of drug-likeness (QED) is 0.840. The normalized spacial score (nSPS) is 13.4. The van der Waals surface area contributed by atoms with Crippen molar-refractivity contribution in [1.82, 2.24) is 13.9 Å². The molecule has 0 atom stereocenters. The third kappa shape index (κ3) is 4.06.